The van der Waals surface area contributed by atoms with Gasteiger partial charge < -0.3 is 0 Å². The van der Waals surface area contributed by atoms with E-state index in [1.807, 2.05) is 51.2 Å². The third-order valence-corrected chi connectivity index (χ3v) is 4.60. The molecular weight excluding hydrogens is 344 g/mol. The second-order valence-corrected chi connectivity index (χ2v) is 6.26. The highest BCUT2D eigenvalue weighted by atomic mass is 35.5. The van der Waals surface area contributed by atoms with Crippen molar-refractivity contribution in [2.75, 3.05) is 11.4 Å². The van der Waals surface area contributed by atoms with Crippen LogP contribution in [0.15, 0.2) is 55.3 Å². The van der Waals surface area contributed by atoms with Crippen molar-refractivity contribution < 1.29 is 4.79 Å². The molecule has 0 unspecified atom stereocenters. The number of benzene rings is 1. The first-order valence-corrected chi connectivity index (χ1v) is 9.30. The van der Waals surface area contributed by atoms with Crippen LogP contribution in [-0.4, -0.2) is 17.4 Å². The molecule has 4 heteroatoms. The lowest BCUT2D eigenvalue weighted by Gasteiger charge is -2.17. The predicted molar refractivity (Wildman–Crippen MR) is 111 cm³/mol. The summed E-state index contributed by atoms with van der Waals surface area (Å²) >= 11 is 6.16. The lowest BCUT2D eigenvalue weighted by atomic mass is 10.1. The third kappa shape index (κ3) is 4.41. The Morgan fingerprint density at radius 1 is 1.35 bits per heavy atom. The maximum Gasteiger partial charge on any atom is 0.232 e. The van der Waals surface area contributed by atoms with Crippen molar-refractivity contribution >= 4 is 28.9 Å². The van der Waals surface area contributed by atoms with Crippen LogP contribution in [0, 0.1) is 0 Å². The largest absolute Gasteiger partial charge is 0.296 e. The molecule has 2 aromatic rings. The highest BCUT2D eigenvalue weighted by Crippen LogP contribution is 2.29. The molecule has 1 aromatic carbocycles. The number of pyridine rings is 1. The summed E-state index contributed by atoms with van der Waals surface area (Å²) in [5.41, 5.74) is 4.13. The Morgan fingerprint density at radius 2 is 2.08 bits per heavy atom. The van der Waals surface area contributed by atoms with E-state index in [4.69, 9.17) is 11.6 Å². The molecule has 0 atom stereocenters. The number of carbonyl (C=O) groups excluding carboxylic acids is 1. The molecule has 3 nitrogen and oxygen atoms in total. The van der Waals surface area contributed by atoms with E-state index in [0.717, 1.165) is 34.5 Å². The van der Waals surface area contributed by atoms with E-state index < -0.39 is 0 Å². The predicted octanol–water partition coefficient (Wildman–Crippen LogP) is 5.48. The molecular formula is C22H25ClN2O. The van der Waals surface area contributed by atoms with Gasteiger partial charge in [0, 0.05) is 17.8 Å². The number of rotatable bonds is 4. The number of nitrogens with zero attached hydrogens (tertiary/aromatic N) is 2. The van der Waals surface area contributed by atoms with Crippen molar-refractivity contribution in [3.05, 3.63) is 77.0 Å². The Labute approximate surface area is 161 Å². The number of hydrogen-bond acceptors (Lipinski definition) is 2. The Balaban J connectivity index is 0.00000117. The molecule has 0 radical (unpaired) electrons. The van der Waals surface area contributed by atoms with E-state index in [9.17, 15) is 4.79 Å². The number of hydrogen-bond donors (Lipinski definition) is 0. The smallest absolute Gasteiger partial charge is 0.232 e. The average Bonchev–Trinajstić information content (AvgIpc) is 3.09. The summed E-state index contributed by atoms with van der Waals surface area (Å²) in [5, 5.41) is 0.624. The van der Waals surface area contributed by atoms with E-state index in [-0.39, 0.29) is 12.3 Å². The molecule has 2 heterocycles. The van der Waals surface area contributed by atoms with Crippen molar-refractivity contribution in [2.45, 2.75) is 33.6 Å². The van der Waals surface area contributed by atoms with Crippen molar-refractivity contribution in [3.8, 4) is 0 Å². The highest BCUT2D eigenvalue weighted by Gasteiger charge is 2.26. The van der Waals surface area contributed by atoms with Gasteiger partial charge in [-0.05, 0) is 47.7 Å². The zero-order valence-corrected chi connectivity index (χ0v) is 16.4. The van der Waals surface area contributed by atoms with Crippen LogP contribution >= 0.6 is 11.6 Å². The van der Waals surface area contributed by atoms with E-state index in [1.54, 1.807) is 17.0 Å². The number of anilines is 1. The van der Waals surface area contributed by atoms with E-state index >= 15 is 0 Å². The Hall–Kier alpha value is -2.39. The van der Waals surface area contributed by atoms with Gasteiger partial charge in [0.25, 0.3) is 0 Å². The van der Waals surface area contributed by atoms with Crippen molar-refractivity contribution in [1.29, 1.82) is 0 Å². The molecule has 3 rings (SSSR count). The van der Waals surface area contributed by atoms with Gasteiger partial charge in [-0.2, -0.15) is 0 Å². The standard InChI is InChI=1S/C20H19ClN2O.C2H6/c1-3-6-14(2)17-11-16-9-10-23(20(16)22-13-17)19(24)12-15-7-4-5-8-18(15)21;1-2/h3-8,11,13H,1,9-10,12H2,2H3;1-2H3/b14-6+;. The van der Waals surface area contributed by atoms with Crippen LogP contribution in [0.25, 0.3) is 5.57 Å². The summed E-state index contributed by atoms with van der Waals surface area (Å²) in [4.78, 5) is 18.9. The van der Waals surface area contributed by atoms with Crippen LogP contribution in [0.3, 0.4) is 0 Å². The minimum atomic E-state index is 0.0282. The summed E-state index contributed by atoms with van der Waals surface area (Å²) < 4.78 is 0. The summed E-state index contributed by atoms with van der Waals surface area (Å²) in [5.74, 6) is 0.794. The first-order valence-electron chi connectivity index (χ1n) is 8.92. The molecule has 1 aliphatic rings. The Kier molecular flexibility index (Phi) is 7.16. The fourth-order valence-electron chi connectivity index (χ4n) is 2.90. The molecule has 0 N–H and O–H groups in total. The second kappa shape index (κ2) is 9.35. The lowest BCUT2D eigenvalue weighted by Crippen LogP contribution is -2.31. The van der Waals surface area contributed by atoms with Gasteiger partial charge in [-0.3, -0.25) is 9.69 Å². The van der Waals surface area contributed by atoms with Gasteiger partial charge in [-0.1, -0.05) is 62.4 Å². The van der Waals surface area contributed by atoms with Gasteiger partial charge in [0.05, 0.1) is 6.42 Å². The Bertz CT molecular complexity index is 827. The van der Waals surface area contributed by atoms with E-state index in [1.165, 1.54) is 0 Å². The van der Waals surface area contributed by atoms with Gasteiger partial charge in [0.2, 0.25) is 5.91 Å². The number of carbonyl (C=O) groups is 1. The molecule has 0 saturated carbocycles. The molecule has 0 spiro atoms. The summed E-state index contributed by atoms with van der Waals surface area (Å²) in [7, 11) is 0. The number of halogens is 1. The highest BCUT2D eigenvalue weighted by molar-refractivity contribution is 6.31. The van der Waals surface area contributed by atoms with Gasteiger partial charge in [0.1, 0.15) is 5.82 Å². The maximum atomic E-state index is 12.7. The lowest BCUT2D eigenvalue weighted by molar-refractivity contribution is -0.117. The molecule has 1 aliphatic heterocycles. The summed E-state index contributed by atoms with van der Waals surface area (Å²) in [6.07, 6.45) is 6.65. The first-order chi connectivity index (χ1) is 12.6. The zero-order valence-electron chi connectivity index (χ0n) is 15.6. The number of fused-ring (bicyclic) bond motifs is 1. The number of amides is 1. The second-order valence-electron chi connectivity index (χ2n) is 5.86. The van der Waals surface area contributed by atoms with Gasteiger partial charge >= 0.3 is 0 Å². The molecule has 0 saturated heterocycles. The Morgan fingerprint density at radius 3 is 2.77 bits per heavy atom. The van der Waals surface area contributed by atoms with Gasteiger partial charge in [0.15, 0.2) is 0 Å². The molecule has 0 bridgehead atoms. The van der Waals surface area contributed by atoms with Gasteiger partial charge in [-0.25, -0.2) is 4.98 Å². The average molecular weight is 369 g/mol. The monoisotopic (exact) mass is 368 g/mol. The summed E-state index contributed by atoms with van der Waals surface area (Å²) in [6, 6.07) is 9.56. The van der Waals surface area contributed by atoms with Crippen LogP contribution in [-0.2, 0) is 17.6 Å². The van der Waals surface area contributed by atoms with Crippen molar-refractivity contribution in [3.63, 3.8) is 0 Å². The minimum absolute atomic E-state index is 0.0282. The molecule has 1 amide bonds. The van der Waals surface area contributed by atoms with Crippen LogP contribution in [0.4, 0.5) is 5.82 Å². The van der Waals surface area contributed by atoms with E-state index in [2.05, 4.69) is 17.6 Å². The normalized spacial score (nSPS) is 12.9. The fourth-order valence-corrected chi connectivity index (χ4v) is 3.10. The summed E-state index contributed by atoms with van der Waals surface area (Å²) in [6.45, 7) is 10.4. The van der Waals surface area contributed by atoms with Crippen LogP contribution in [0.2, 0.25) is 5.02 Å². The molecule has 0 aliphatic carbocycles. The van der Waals surface area contributed by atoms with Crippen molar-refractivity contribution in [1.82, 2.24) is 4.98 Å². The SMILES string of the molecule is C=C/C=C(\C)c1cnc2c(c1)CCN2C(=O)Cc1ccccc1Cl.CC. The minimum Gasteiger partial charge on any atom is -0.296 e. The third-order valence-electron chi connectivity index (χ3n) is 4.23. The van der Waals surface area contributed by atoms with Crippen LogP contribution in [0.5, 0.6) is 0 Å². The van der Waals surface area contributed by atoms with E-state index in [0.29, 0.717) is 11.6 Å². The molecule has 136 valence electrons. The van der Waals surface area contributed by atoms with Crippen LogP contribution < -0.4 is 4.90 Å². The van der Waals surface area contributed by atoms with Crippen LogP contribution in [0.1, 0.15) is 37.5 Å². The quantitative estimate of drug-likeness (QED) is 0.669. The zero-order chi connectivity index (χ0) is 19.1. The molecule has 26 heavy (non-hydrogen) atoms. The van der Waals surface area contributed by atoms with Gasteiger partial charge in [-0.15, -0.1) is 0 Å². The maximum absolute atomic E-state index is 12.7. The first kappa shape index (κ1) is 19.9. The topological polar surface area (TPSA) is 33.2 Å². The molecule has 0 fully saturated rings. The molecule has 1 aromatic heterocycles. The number of aromatic nitrogens is 1. The van der Waals surface area contributed by atoms with Crippen molar-refractivity contribution in [2.24, 2.45) is 0 Å². The fraction of sp³-hybridized carbons (Fsp3) is 0.273. The number of allylic oxidation sites excluding steroid dienone is 3.